The Balaban J connectivity index is 1.58. The monoisotopic (exact) mass is 386 g/mol. The number of non-ortho nitro benzene ring substituents is 1. The summed E-state index contributed by atoms with van der Waals surface area (Å²) in [6.07, 6.45) is 5.16. The van der Waals surface area contributed by atoms with Crippen LogP contribution in [0.15, 0.2) is 42.5 Å². The summed E-state index contributed by atoms with van der Waals surface area (Å²) in [5.74, 6) is 0.466. The highest BCUT2D eigenvalue weighted by molar-refractivity contribution is 5.75. The van der Waals surface area contributed by atoms with Gasteiger partial charge in [0.2, 0.25) is 5.91 Å². The van der Waals surface area contributed by atoms with E-state index in [1.807, 2.05) is 0 Å². The largest absolute Gasteiger partial charge is 0.504 e. The molecule has 0 spiro atoms. The Morgan fingerprint density at radius 2 is 1.75 bits per heavy atom. The van der Waals surface area contributed by atoms with Gasteiger partial charge in [-0.05, 0) is 42.5 Å². The molecule has 0 aromatic heterocycles. The number of phenolic OH excluding ortho intramolecular Hbond substituents is 1. The zero-order valence-corrected chi connectivity index (χ0v) is 16.0. The Morgan fingerprint density at radius 1 is 1.07 bits per heavy atom. The lowest BCUT2D eigenvalue weighted by molar-refractivity contribution is -0.384. The summed E-state index contributed by atoms with van der Waals surface area (Å²) in [6, 6.07) is 11.6. The molecule has 0 bridgehead atoms. The van der Waals surface area contributed by atoms with Gasteiger partial charge in [-0.2, -0.15) is 0 Å². The number of nitrogens with one attached hydrogen (secondary N) is 1. The number of nitro benzene ring substituents is 1. The van der Waals surface area contributed by atoms with Crippen LogP contribution < -0.4 is 10.1 Å². The fraction of sp³-hybridized carbons (Fsp3) is 0.381. The van der Waals surface area contributed by atoms with Gasteiger partial charge >= 0.3 is 0 Å². The van der Waals surface area contributed by atoms with E-state index in [2.05, 4.69) is 5.32 Å². The standard InChI is InChI=1S/C21H26N2O5/c1-28-20-14-17(10-13-19(20)24)15-22-21(25)7-5-3-2-4-6-16-8-11-18(12-9-16)23(26)27/h8-14,24H,2-7,15H2,1H3,(H,22,25). The number of aromatic hydroxyl groups is 1. The molecule has 0 radical (unpaired) electrons. The summed E-state index contributed by atoms with van der Waals surface area (Å²) in [5.41, 5.74) is 2.07. The number of amides is 1. The number of unbranched alkanes of at least 4 members (excludes halogenated alkanes) is 3. The third kappa shape index (κ3) is 6.90. The predicted molar refractivity (Wildman–Crippen MR) is 106 cm³/mol. The molecule has 0 aliphatic rings. The average Bonchev–Trinajstić information content (AvgIpc) is 2.70. The van der Waals surface area contributed by atoms with Crippen LogP contribution >= 0.6 is 0 Å². The lowest BCUT2D eigenvalue weighted by Gasteiger charge is -2.08. The molecule has 7 nitrogen and oxygen atoms in total. The van der Waals surface area contributed by atoms with E-state index in [4.69, 9.17) is 4.74 Å². The summed E-state index contributed by atoms with van der Waals surface area (Å²) < 4.78 is 5.05. The predicted octanol–water partition coefficient (Wildman–Crippen LogP) is 4.12. The highest BCUT2D eigenvalue weighted by Gasteiger charge is 2.06. The molecule has 2 rings (SSSR count). The highest BCUT2D eigenvalue weighted by atomic mass is 16.6. The number of carbonyl (C=O) groups excluding carboxylic acids is 1. The topological polar surface area (TPSA) is 102 Å². The Hall–Kier alpha value is -3.09. The number of aryl methyl sites for hydroxylation is 1. The van der Waals surface area contributed by atoms with Gasteiger partial charge in [-0.25, -0.2) is 0 Å². The van der Waals surface area contributed by atoms with E-state index in [9.17, 15) is 20.0 Å². The van der Waals surface area contributed by atoms with Crippen molar-refractivity contribution >= 4 is 11.6 Å². The number of hydrogen-bond acceptors (Lipinski definition) is 5. The Labute approximate surface area is 164 Å². The molecule has 0 unspecified atom stereocenters. The molecular formula is C21H26N2O5. The molecule has 2 aromatic carbocycles. The smallest absolute Gasteiger partial charge is 0.269 e. The second-order valence-electron chi connectivity index (χ2n) is 6.62. The zero-order valence-electron chi connectivity index (χ0n) is 16.0. The summed E-state index contributed by atoms with van der Waals surface area (Å²) in [6.45, 7) is 0.398. The van der Waals surface area contributed by atoms with E-state index in [1.165, 1.54) is 19.2 Å². The van der Waals surface area contributed by atoms with Gasteiger partial charge in [-0.3, -0.25) is 14.9 Å². The first-order chi connectivity index (χ1) is 13.5. The summed E-state index contributed by atoms with van der Waals surface area (Å²) in [7, 11) is 1.49. The van der Waals surface area contributed by atoms with Gasteiger partial charge in [0.05, 0.1) is 12.0 Å². The number of hydrogen-bond donors (Lipinski definition) is 2. The lowest BCUT2D eigenvalue weighted by atomic mass is 10.0. The molecule has 2 aromatic rings. The van der Waals surface area contributed by atoms with Gasteiger partial charge in [0.1, 0.15) is 0 Å². The quantitative estimate of drug-likeness (QED) is 0.344. The Morgan fingerprint density at radius 3 is 2.43 bits per heavy atom. The lowest BCUT2D eigenvalue weighted by Crippen LogP contribution is -2.22. The molecule has 0 aliphatic heterocycles. The molecule has 0 atom stereocenters. The molecule has 28 heavy (non-hydrogen) atoms. The summed E-state index contributed by atoms with van der Waals surface area (Å²) in [4.78, 5) is 22.2. The van der Waals surface area contributed by atoms with Crippen molar-refractivity contribution < 1.29 is 19.6 Å². The fourth-order valence-electron chi connectivity index (χ4n) is 2.87. The molecule has 1 amide bonds. The van der Waals surface area contributed by atoms with Crippen molar-refractivity contribution in [2.75, 3.05) is 7.11 Å². The molecule has 150 valence electrons. The van der Waals surface area contributed by atoms with Crippen molar-refractivity contribution in [1.29, 1.82) is 0 Å². The number of nitrogens with zero attached hydrogens (tertiary/aromatic N) is 1. The zero-order chi connectivity index (χ0) is 20.4. The van der Waals surface area contributed by atoms with Gasteiger partial charge in [0.15, 0.2) is 11.5 Å². The maximum absolute atomic E-state index is 11.9. The minimum atomic E-state index is -0.396. The van der Waals surface area contributed by atoms with Crippen molar-refractivity contribution in [3.8, 4) is 11.5 Å². The molecule has 0 saturated carbocycles. The number of benzene rings is 2. The maximum Gasteiger partial charge on any atom is 0.269 e. The Kier molecular flexibility index (Phi) is 8.27. The van der Waals surface area contributed by atoms with E-state index < -0.39 is 4.92 Å². The van der Waals surface area contributed by atoms with E-state index >= 15 is 0 Å². The van der Waals surface area contributed by atoms with Crippen LogP contribution in [0, 0.1) is 10.1 Å². The second-order valence-corrected chi connectivity index (χ2v) is 6.62. The normalized spacial score (nSPS) is 10.5. The summed E-state index contributed by atoms with van der Waals surface area (Å²) >= 11 is 0. The number of nitro groups is 1. The third-order valence-electron chi connectivity index (χ3n) is 4.50. The summed E-state index contributed by atoms with van der Waals surface area (Å²) in [5, 5.41) is 23.1. The molecule has 2 N–H and O–H groups in total. The molecule has 0 heterocycles. The molecule has 0 fully saturated rings. The first-order valence-electron chi connectivity index (χ1n) is 9.35. The van der Waals surface area contributed by atoms with Crippen molar-refractivity contribution in [1.82, 2.24) is 5.32 Å². The first kappa shape index (κ1) is 21.2. The molecule has 0 saturated heterocycles. The van der Waals surface area contributed by atoms with Crippen molar-refractivity contribution in [3.05, 3.63) is 63.7 Å². The minimum absolute atomic E-state index is 0.00223. The number of carbonyl (C=O) groups is 1. The SMILES string of the molecule is COc1cc(CNC(=O)CCCCCCc2ccc([N+](=O)[O-])cc2)ccc1O. The molecule has 0 aliphatic carbocycles. The van der Waals surface area contributed by atoms with Crippen molar-refractivity contribution in [3.63, 3.8) is 0 Å². The first-order valence-corrected chi connectivity index (χ1v) is 9.35. The van der Waals surface area contributed by atoms with Crippen molar-refractivity contribution in [2.24, 2.45) is 0 Å². The minimum Gasteiger partial charge on any atom is -0.504 e. The second kappa shape index (κ2) is 10.9. The van der Waals surface area contributed by atoms with Gasteiger partial charge in [0, 0.05) is 25.1 Å². The van der Waals surface area contributed by atoms with Crippen LogP contribution in [0.3, 0.4) is 0 Å². The third-order valence-corrected chi connectivity index (χ3v) is 4.50. The molecule has 7 heteroatoms. The van der Waals surface area contributed by atoms with E-state index in [-0.39, 0.29) is 17.3 Å². The highest BCUT2D eigenvalue weighted by Crippen LogP contribution is 2.26. The van der Waals surface area contributed by atoms with Crippen LogP contribution in [0.2, 0.25) is 0 Å². The van der Waals surface area contributed by atoms with E-state index in [0.717, 1.165) is 43.2 Å². The van der Waals surface area contributed by atoms with Crippen LogP contribution in [-0.4, -0.2) is 23.0 Å². The average molecular weight is 386 g/mol. The van der Waals surface area contributed by atoms with Gasteiger partial charge < -0.3 is 15.2 Å². The van der Waals surface area contributed by atoms with Gasteiger partial charge in [-0.15, -0.1) is 0 Å². The van der Waals surface area contributed by atoms with Crippen LogP contribution in [0.5, 0.6) is 11.5 Å². The fourth-order valence-corrected chi connectivity index (χ4v) is 2.87. The number of phenols is 1. The molecular weight excluding hydrogens is 360 g/mol. The van der Waals surface area contributed by atoms with Crippen LogP contribution in [0.4, 0.5) is 5.69 Å². The number of methoxy groups -OCH3 is 1. The van der Waals surface area contributed by atoms with Crippen molar-refractivity contribution in [2.45, 2.75) is 45.1 Å². The van der Waals surface area contributed by atoms with Gasteiger partial charge in [0.25, 0.3) is 5.69 Å². The maximum atomic E-state index is 11.9. The number of rotatable bonds is 11. The van der Waals surface area contributed by atoms with Crippen LogP contribution in [0.1, 0.15) is 43.2 Å². The van der Waals surface area contributed by atoms with Crippen LogP contribution in [-0.2, 0) is 17.8 Å². The number of ether oxygens (including phenoxy) is 1. The van der Waals surface area contributed by atoms with E-state index in [1.54, 1.807) is 30.3 Å². The van der Waals surface area contributed by atoms with E-state index in [0.29, 0.717) is 18.7 Å². The van der Waals surface area contributed by atoms with Gasteiger partial charge in [-0.1, -0.05) is 31.0 Å². The Bertz CT molecular complexity index is 790. The van der Waals surface area contributed by atoms with Crippen LogP contribution in [0.25, 0.3) is 0 Å².